The number of hydrogen-bond donors (Lipinski definition) is 1. The van der Waals surface area contributed by atoms with Crippen molar-refractivity contribution in [3.63, 3.8) is 0 Å². The van der Waals surface area contributed by atoms with Crippen molar-refractivity contribution in [2.75, 3.05) is 56.1 Å². The monoisotopic (exact) mass is 396 g/mol. The highest BCUT2D eigenvalue weighted by Gasteiger charge is 2.25. The van der Waals surface area contributed by atoms with E-state index in [2.05, 4.69) is 34.3 Å². The number of carbonyl (C=O) groups excluding carboxylic acids is 2. The minimum Gasteiger partial charge on any atom is -0.355 e. The largest absolute Gasteiger partial charge is 0.355 e. The van der Waals surface area contributed by atoms with Gasteiger partial charge < -0.3 is 15.1 Å². The first-order valence-electron chi connectivity index (χ1n) is 9.89. The van der Waals surface area contributed by atoms with E-state index in [1.54, 1.807) is 9.80 Å². The van der Waals surface area contributed by atoms with Gasteiger partial charge in [0.15, 0.2) is 0 Å². The number of carbonyl (C=O) groups is 2. The van der Waals surface area contributed by atoms with Gasteiger partial charge in [-0.2, -0.15) is 0 Å². The molecule has 1 aromatic rings. The summed E-state index contributed by atoms with van der Waals surface area (Å²) in [5.41, 5.74) is 0. The van der Waals surface area contributed by atoms with Crippen LogP contribution in [0.2, 0.25) is 0 Å². The summed E-state index contributed by atoms with van der Waals surface area (Å²) < 4.78 is 0. The van der Waals surface area contributed by atoms with Crippen LogP contribution in [-0.2, 0) is 9.59 Å². The molecular formula is C18H32N6O2S. The van der Waals surface area contributed by atoms with Crippen LogP contribution in [0, 0.1) is 0 Å². The lowest BCUT2D eigenvalue weighted by atomic mass is 10.3. The van der Waals surface area contributed by atoms with E-state index in [1.807, 2.05) is 7.05 Å². The summed E-state index contributed by atoms with van der Waals surface area (Å²) in [6.45, 7) is 9.24. The quantitative estimate of drug-likeness (QED) is 0.542. The minimum absolute atomic E-state index is 0.0240. The molecule has 27 heavy (non-hydrogen) atoms. The van der Waals surface area contributed by atoms with Gasteiger partial charge in [-0.25, -0.2) is 0 Å². The van der Waals surface area contributed by atoms with E-state index in [9.17, 15) is 9.59 Å². The first-order valence-corrected chi connectivity index (χ1v) is 10.7. The summed E-state index contributed by atoms with van der Waals surface area (Å²) >= 11 is 1.35. The van der Waals surface area contributed by atoms with Crippen molar-refractivity contribution < 1.29 is 9.59 Å². The molecule has 9 heteroatoms. The van der Waals surface area contributed by atoms with E-state index >= 15 is 0 Å². The topological polar surface area (TPSA) is 81.7 Å². The molecule has 0 atom stereocenters. The molecule has 2 amide bonds. The van der Waals surface area contributed by atoms with E-state index in [-0.39, 0.29) is 18.4 Å². The molecular weight excluding hydrogens is 364 g/mol. The lowest BCUT2D eigenvalue weighted by Gasteiger charge is -2.21. The predicted molar refractivity (Wildman–Crippen MR) is 109 cm³/mol. The van der Waals surface area contributed by atoms with Crippen molar-refractivity contribution in [3.8, 4) is 0 Å². The maximum Gasteiger partial charge on any atom is 0.239 e. The zero-order chi connectivity index (χ0) is 19.6. The maximum atomic E-state index is 12.2. The summed E-state index contributed by atoms with van der Waals surface area (Å²) in [4.78, 5) is 29.8. The Morgan fingerprint density at radius 1 is 1.22 bits per heavy atom. The molecule has 152 valence electrons. The molecule has 0 saturated carbocycles. The van der Waals surface area contributed by atoms with Gasteiger partial charge in [0, 0.05) is 26.6 Å². The zero-order valence-corrected chi connectivity index (χ0v) is 17.6. The standard InChI is InChI=1S/C18H32N6O2S/c1-4-10-23(11-5-2)12-7-9-19-15(25)14-22(3)17-20-21-18(27-17)24-13-6-8-16(24)26/h4-14H2,1-3H3,(H,19,25). The Hall–Kier alpha value is -1.74. The third-order valence-electron chi connectivity index (χ3n) is 4.47. The van der Waals surface area contributed by atoms with Gasteiger partial charge in [-0.1, -0.05) is 25.2 Å². The molecule has 8 nitrogen and oxygen atoms in total. The van der Waals surface area contributed by atoms with E-state index < -0.39 is 0 Å². The van der Waals surface area contributed by atoms with Gasteiger partial charge in [0.1, 0.15) is 0 Å². The van der Waals surface area contributed by atoms with Gasteiger partial charge in [0.25, 0.3) is 0 Å². The normalized spacial score (nSPS) is 14.2. The summed E-state index contributed by atoms with van der Waals surface area (Å²) in [6, 6.07) is 0. The number of amides is 2. The SMILES string of the molecule is CCCN(CCC)CCCNC(=O)CN(C)c1nnc(N2CCCC2=O)s1. The van der Waals surface area contributed by atoms with E-state index in [1.165, 1.54) is 11.3 Å². The highest BCUT2D eigenvalue weighted by atomic mass is 32.1. The third-order valence-corrected chi connectivity index (χ3v) is 5.53. The Labute approximate surface area is 165 Å². The molecule has 0 aliphatic carbocycles. The number of rotatable bonds is 12. The first kappa shape index (κ1) is 21.6. The van der Waals surface area contributed by atoms with Gasteiger partial charge in [-0.05, 0) is 45.3 Å². The fourth-order valence-corrected chi connectivity index (χ4v) is 4.01. The number of aromatic nitrogens is 2. The van der Waals surface area contributed by atoms with Crippen LogP contribution in [-0.4, -0.2) is 73.2 Å². The van der Waals surface area contributed by atoms with E-state index in [0.29, 0.717) is 29.8 Å². The number of nitrogens with zero attached hydrogens (tertiary/aromatic N) is 5. The summed E-state index contributed by atoms with van der Waals surface area (Å²) in [7, 11) is 1.82. The molecule has 1 aliphatic rings. The number of nitrogens with one attached hydrogen (secondary N) is 1. The molecule has 1 N–H and O–H groups in total. The third kappa shape index (κ3) is 6.73. The molecule has 0 bridgehead atoms. The summed E-state index contributed by atoms with van der Waals surface area (Å²) in [6.07, 6.45) is 4.70. The summed E-state index contributed by atoms with van der Waals surface area (Å²) in [5, 5.41) is 12.5. The van der Waals surface area contributed by atoms with Crippen molar-refractivity contribution in [3.05, 3.63) is 0 Å². The van der Waals surface area contributed by atoms with Crippen molar-refractivity contribution in [2.24, 2.45) is 0 Å². The van der Waals surface area contributed by atoms with Gasteiger partial charge in [0.2, 0.25) is 22.1 Å². The Balaban J connectivity index is 1.71. The van der Waals surface area contributed by atoms with Gasteiger partial charge in [0.05, 0.1) is 6.54 Å². The van der Waals surface area contributed by atoms with Crippen LogP contribution in [0.5, 0.6) is 0 Å². The Bertz CT molecular complexity index is 602. The Morgan fingerprint density at radius 2 is 1.96 bits per heavy atom. The Morgan fingerprint density at radius 3 is 2.59 bits per heavy atom. The zero-order valence-electron chi connectivity index (χ0n) is 16.7. The van der Waals surface area contributed by atoms with Gasteiger partial charge in [-0.3, -0.25) is 14.5 Å². The number of likely N-dealkylation sites (N-methyl/N-ethyl adjacent to an activating group) is 1. The highest BCUT2D eigenvalue weighted by molar-refractivity contribution is 7.19. The molecule has 1 fully saturated rings. The minimum atomic E-state index is -0.0240. The van der Waals surface area contributed by atoms with Crippen LogP contribution < -0.4 is 15.1 Å². The average Bonchev–Trinajstić information content (AvgIpc) is 3.27. The van der Waals surface area contributed by atoms with Crippen LogP contribution in [0.25, 0.3) is 0 Å². The second-order valence-electron chi connectivity index (χ2n) is 6.92. The molecule has 0 radical (unpaired) electrons. The molecule has 1 aromatic heterocycles. The first-order chi connectivity index (χ1) is 13.0. The van der Waals surface area contributed by atoms with Crippen molar-refractivity contribution in [1.29, 1.82) is 0 Å². The van der Waals surface area contributed by atoms with E-state index in [4.69, 9.17) is 0 Å². The maximum absolute atomic E-state index is 12.2. The van der Waals surface area contributed by atoms with Crippen LogP contribution in [0.1, 0.15) is 46.0 Å². The van der Waals surface area contributed by atoms with Crippen molar-refractivity contribution in [2.45, 2.75) is 46.0 Å². The smallest absolute Gasteiger partial charge is 0.239 e. The number of hydrogen-bond acceptors (Lipinski definition) is 7. The van der Waals surface area contributed by atoms with Crippen LogP contribution in [0.15, 0.2) is 0 Å². The molecule has 0 aromatic carbocycles. The van der Waals surface area contributed by atoms with Crippen molar-refractivity contribution in [1.82, 2.24) is 20.4 Å². The van der Waals surface area contributed by atoms with Crippen molar-refractivity contribution >= 4 is 33.4 Å². The highest BCUT2D eigenvalue weighted by Crippen LogP contribution is 2.29. The lowest BCUT2D eigenvalue weighted by molar-refractivity contribution is -0.119. The molecule has 2 heterocycles. The molecule has 2 rings (SSSR count). The second-order valence-corrected chi connectivity index (χ2v) is 7.85. The van der Waals surface area contributed by atoms with Crippen LogP contribution in [0.3, 0.4) is 0 Å². The molecule has 1 saturated heterocycles. The van der Waals surface area contributed by atoms with Gasteiger partial charge in [-0.15, -0.1) is 10.2 Å². The lowest BCUT2D eigenvalue weighted by Crippen LogP contribution is -2.37. The second kappa shape index (κ2) is 11.2. The van der Waals surface area contributed by atoms with Crippen LogP contribution >= 0.6 is 11.3 Å². The van der Waals surface area contributed by atoms with E-state index in [0.717, 1.165) is 45.3 Å². The van der Waals surface area contributed by atoms with Crippen LogP contribution in [0.4, 0.5) is 10.3 Å². The summed E-state index contributed by atoms with van der Waals surface area (Å²) in [5.74, 6) is 0.0716. The predicted octanol–water partition coefficient (Wildman–Crippen LogP) is 1.73. The number of anilines is 2. The molecule has 1 aliphatic heterocycles. The molecule has 0 spiro atoms. The average molecular weight is 397 g/mol. The van der Waals surface area contributed by atoms with Gasteiger partial charge >= 0.3 is 0 Å². The molecule has 0 unspecified atom stereocenters. The fourth-order valence-electron chi connectivity index (χ4n) is 3.16. The Kier molecular flexibility index (Phi) is 8.93. The fraction of sp³-hybridized carbons (Fsp3) is 0.778.